The SMILES string of the molecule is CC(C#N)(COc1cc2c(cc1Cl)COB2O)NCc1ccc(OC(F)(F)F)cc1. The van der Waals surface area contributed by atoms with Gasteiger partial charge in [-0.05, 0) is 47.8 Å². The number of alkyl halides is 3. The minimum atomic E-state index is -4.75. The molecule has 1 aliphatic rings. The second-order valence-corrected chi connectivity index (χ2v) is 7.33. The molecule has 0 aliphatic carbocycles. The van der Waals surface area contributed by atoms with Crippen molar-refractivity contribution in [1.82, 2.24) is 5.32 Å². The smallest absolute Gasteiger partial charge is 0.489 e. The van der Waals surface area contributed by atoms with Crippen LogP contribution >= 0.6 is 11.6 Å². The van der Waals surface area contributed by atoms with Gasteiger partial charge in [-0.1, -0.05) is 23.7 Å². The zero-order valence-electron chi connectivity index (χ0n) is 15.8. The van der Waals surface area contributed by atoms with E-state index in [-0.39, 0.29) is 25.5 Å². The molecule has 2 N–H and O–H groups in total. The third kappa shape index (κ3) is 5.58. The first kappa shape index (κ1) is 22.2. The number of ether oxygens (including phenoxy) is 2. The highest BCUT2D eigenvalue weighted by Crippen LogP contribution is 2.28. The zero-order valence-corrected chi connectivity index (χ0v) is 16.5. The number of hydrogen-bond donors (Lipinski definition) is 2. The van der Waals surface area contributed by atoms with Crippen molar-refractivity contribution in [2.45, 2.75) is 32.0 Å². The Labute approximate surface area is 176 Å². The van der Waals surface area contributed by atoms with Crippen molar-refractivity contribution in [3.63, 3.8) is 0 Å². The zero-order chi connectivity index (χ0) is 21.9. The standard InChI is InChI=1S/C19H17BClF3N2O4/c1-18(10-25,26-8-12-2-4-14(5-3-12)30-19(22,23)24)11-28-17-7-15-13(6-16(17)21)9-29-20(15)27/h2-7,26-27H,8-9,11H2,1H3. The predicted octanol–water partition coefficient (Wildman–Crippen LogP) is 2.91. The van der Waals surface area contributed by atoms with E-state index < -0.39 is 19.0 Å². The Morgan fingerprint density at radius 3 is 2.63 bits per heavy atom. The lowest BCUT2D eigenvalue weighted by Crippen LogP contribution is -2.45. The molecule has 0 spiro atoms. The summed E-state index contributed by atoms with van der Waals surface area (Å²) in [4.78, 5) is 0. The van der Waals surface area contributed by atoms with E-state index in [1.54, 1.807) is 19.1 Å². The lowest BCUT2D eigenvalue weighted by Gasteiger charge is -2.24. The third-order valence-electron chi connectivity index (χ3n) is 4.46. The second kappa shape index (κ2) is 8.74. The van der Waals surface area contributed by atoms with Crippen LogP contribution < -0.4 is 20.3 Å². The van der Waals surface area contributed by atoms with Gasteiger partial charge in [0.1, 0.15) is 23.6 Å². The molecule has 0 fully saturated rings. The van der Waals surface area contributed by atoms with Crippen molar-refractivity contribution in [3.8, 4) is 17.6 Å². The summed E-state index contributed by atoms with van der Waals surface area (Å²) < 4.78 is 51.3. The average Bonchev–Trinajstić information content (AvgIpc) is 3.04. The first-order valence-electron chi connectivity index (χ1n) is 8.84. The van der Waals surface area contributed by atoms with Crippen LogP contribution in [0.25, 0.3) is 0 Å². The highest BCUT2D eigenvalue weighted by atomic mass is 35.5. The summed E-state index contributed by atoms with van der Waals surface area (Å²) in [5, 5.41) is 22.7. The van der Waals surface area contributed by atoms with Gasteiger partial charge in [0.2, 0.25) is 0 Å². The molecule has 1 atom stereocenters. The van der Waals surface area contributed by atoms with E-state index >= 15 is 0 Å². The summed E-state index contributed by atoms with van der Waals surface area (Å²) in [7, 11) is -1.05. The van der Waals surface area contributed by atoms with Crippen LogP contribution in [0, 0.1) is 11.3 Å². The van der Waals surface area contributed by atoms with E-state index in [4.69, 9.17) is 21.0 Å². The predicted molar refractivity (Wildman–Crippen MR) is 103 cm³/mol. The fourth-order valence-corrected chi connectivity index (χ4v) is 3.03. The molecule has 1 aliphatic heterocycles. The summed E-state index contributed by atoms with van der Waals surface area (Å²) in [6.45, 7) is 2.02. The van der Waals surface area contributed by atoms with E-state index in [0.717, 1.165) is 5.56 Å². The molecular formula is C19H17BClF3N2O4. The number of halogens is 4. The molecule has 2 aromatic carbocycles. The minimum absolute atomic E-state index is 0.0613. The molecule has 0 bridgehead atoms. The van der Waals surface area contributed by atoms with Crippen molar-refractivity contribution < 1.29 is 32.3 Å². The fraction of sp³-hybridized carbons (Fsp3) is 0.316. The van der Waals surface area contributed by atoms with Gasteiger partial charge in [-0.2, -0.15) is 5.26 Å². The van der Waals surface area contributed by atoms with Crippen LogP contribution in [0.5, 0.6) is 11.5 Å². The van der Waals surface area contributed by atoms with Crippen LogP contribution in [-0.4, -0.2) is 30.7 Å². The van der Waals surface area contributed by atoms with Crippen LogP contribution in [0.2, 0.25) is 5.02 Å². The highest BCUT2D eigenvalue weighted by Gasteiger charge is 2.31. The van der Waals surface area contributed by atoms with Crippen LogP contribution in [0.15, 0.2) is 36.4 Å². The summed E-state index contributed by atoms with van der Waals surface area (Å²) in [5.41, 5.74) is 0.862. The maximum absolute atomic E-state index is 12.2. The van der Waals surface area contributed by atoms with Crippen molar-refractivity contribution >= 4 is 24.2 Å². The van der Waals surface area contributed by atoms with E-state index in [9.17, 15) is 23.5 Å². The summed E-state index contributed by atoms with van der Waals surface area (Å²) in [6, 6.07) is 10.7. The Kier molecular flexibility index (Phi) is 6.48. The average molecular weight is 441 g/mol. The van der Waals surface area contributed by atoms with Crippen molar-refractivity contribution in [2.75, 3.05) is 6.61 Å². The lowest BCUT2D eigenvalue weighted by atomic mass is 9.79. The van der Waals surface area contributed by atoms with E-state index in [1.165, 1.54) is 24.3 Å². The number of nitriles is 1. The summed E-state index contributed by atoms with van der Waals surface area (Å²) in [5.74, 6) is -0.0214. The maximum atomic E-state index is 12.2. The van der Waals surface area contributed by atoms with Gasteiger partial charge in [0, 0.05) is 6.54 Å². The number of hydrogen-bond acceptors (Lipinski definition) is 6. The van der Waals surface area contributed by atoms with Gasteiger partial charge in [0.05, 0.1) is 17.7 Å². The molecule has 1 unspecified atom stereocenters. The fourth-order valence-electron chi connectivity index (χ4n) is 2.79. The van der Waals surface area contributed by atoms with E-state index in [2.05, 4.69) is 16.1 Å². The molecule has 0 radical (unpaired) electrons. The van der Waals surface area contributed by atoms with Gasteiger partial charge in [0.25, 0.3) is 0 Å². The van der Waals surface area contributed by atoms with Gasteiger partial charge in [-0.3, -0.25) is 5.32 Å². The molecule has 6 nitrogen and oxygen atoms in total. The van der Waals surface area contributed by atoms with Crippen molar-refractivity contribution in [2.24, 2.45) is 0 Å². The Morgan fingerprint density at radius 2 is 2.00 bits per heavy atom. The Balaban J connectivity index is 1.60. The first-order valence-corrected chi connectivity index (χ1v) is 9.22. The van der Waals surface area contributed by atoms with Gasteiger partial charge in [-0.15, -0.1) is 13.2 Å². The van der Waals surface area contributed by atoms with Crippen LogP contribution in [-0.2, 0) is 17.8 Å². The number of rotatable bonds is 7. The molecule has 158 valence electrons. The number of fused-ring (bicyclic) bond motifs is 1. The normalized spacial score (nSPS) is 15.3. The van der Waals surface area contributed by atoms with Crippen LogP contribution in [0.3, 0.4) is 0 Å². The molecule has 0 saturated heterocycles. The molecule has 1 heterocycles. The van der Waals surface area contributed by atoms with E-state index in [0.29, 0.717) is 21.8 Å². The molecule has 0 saturated carbocycles. The van der Waals surface area contributed by atoms with E-state index in [1.807, 2.05) is 0 Å². The molecule has 2 aromatic rings. The van der Waals surface area contributed by atoms with Crippen LogP contribution in [0.4, 0.5) is 13.2 Å². The van der Waals surface area contributed by atoms with Gasteiger partial charge in [-0.25, -0.2) is 0 Å². The van der Waals surface area contributed by atoms with Gasteiger partial charge < -0.3 is 19.2 Å². The Hall–Kier alpha value is -2.45. The quantitative estimate of drug-likeness (QED) is 0.644. The first-order chi connectivity index (χ1) is 14.1. The van der Waals surface area contributed by atoms with Crippen molar-refractivity contribution in [1.29, 1.82) is 5.26 Å². The molecule has 11 heteroatoms. The maximum Gasteiger partial charge on any atom is 0.573 e. The lowest BCUT2D eigenvalue weighted by molar-refractivity contribution is -0.274. The number of nitrogens with zero attached hydrogens (tertiary/aromatic N) is 1. The monoisotopic (exact) mass is 440 g/mol. The molecule has 0 aromatic heterocycles. The highest BCUT2D eigenvalue weighted by molar-refractivity contribution is 6.61. The Bertz CT molecular complexity index is 953. The summed E-state index contributed by atoms with van der Waals surface area (Å²) in [6.07, 6.45) is -4.75. The molecule has 3 rings (SSSR count). The minimum Gasteiger partial charge on any atom is -0.489 e. The van der Waals surface area contributed by atoms with Crippen molar-refractivity contribution in [3.05, 3.63) is 52.5 Å². The molecule has 30 heavy (non-hydrogen) atoms. The second-order valence-electron chi connectivity index (χ2n) is 6.92. The molecule has 0 amide bonds. The number of nitrogens with one attached hydrogen (secondary N) is 1. The largest absolute Gasteiger partial charge is 0.573 e. The summed E-state index contributed by atoms with van der Waals surface area (Å²) >= 11 is 6.20. The topological polar surface area (TPSA) is 83.7 Å². The third-order valence-corrected chi connectivity index (χ3v) is 4.75. The van der Waals surface area contributed by atoms with Gasteiger partial charge >= 0.3 is 13.5 Å². The van der Waals surface area contributed by atoms with Crippen LogP contribution in [0.1, 0.15) is 18.1 Å². The van der Waals surface area contributed by atoms with Gasteiger partial charge in [0.15, 0.2) is 0 Å². The number of benzene rings is 2. The Morgan fingerprint density at radius 1 is 1.30 bits per heavy atom. The molecular weight excluding hydrogens is 423 g/mol.